The van der Waals surface area contributed by atoms with Crippen LogP contribution in [0.1, 0.15) is 21.6 Å². The second-order valence-corrected chi connectivity index (χ2v) is 6.94. The molecule has 8 heteroatoms. The summed E-state index contributed by atoms with van der Waals surface area (Å²) in [6.45, 7) is 0.733. The Bertz CT molecular complexity index is 1110. The van der Waals surface area contributed by atoms with Crippen molar-refractivity contribution in [1.29, 1.82) is 0 Å². The third-order valence-electron chi connectivity index (χ3n) is 5.27. The lowest BCUT2D eigenvalue weighted by atomic mass is 10.1. The molecule has 1 aliphatic heterocycles. The molecule has 30 heavy (non-hydrogen) atoms. The monoisotopic (exact) mass is 409 g/mol. The summed E-state index contributed by atoms with van der Waals surface area (Å²) in [7, 11) is 4.52. The van der Waals surface area contributed by atoms with Crippen molar-refractivity contribution in [3.05, 3.63) is 69.6 Å². The molecule has 1 aliphatic rings. The molecular weight excluding hydrogens is 386 g/mol. The number of para-hydroxylation sites is 1. The van der Waals surface area contributed by atoms with Gasteiger partial charge in [-0.25, -0.2) is 4.68 Å². The summed E-state index contributed by atoms with van der Waals surface area (Å²) in [5.74, 6) is 1.04. The van der Waals surface area contributed by atoms with Crippen LogP contribution in [0.25, 0.3) is 5.69 Å². The van der Waals surface area contributed by atoms with Crippen LogP contribution in [0.15, 0.2) is 47.3 Å². The van der Waals surface area contributed by atoms with Crippen molar-refractivity contribution in [3.8, 4) is 22.9 Å². The molecule has 0 radical (unpaired) electrons. The third kappa shape index (κ3) is 3.30. The van der Waals surface area contributed by atoms with E-state index < -0.39 is 0 Å². The molecule has 0 aliphatic carbocycles. The van der Waals surface area contributed by atoms with E-state index in [0.29, 0.717) is 41.3 Å². The molecule has 2 aromatic carbocycles. The number of hydrogen-bond donors (Lipinski definition) is 1. The van der Waals surface area contributed by atoms with Crippen molar-refractivity contribution in [3.63, 3.8) is 0 Å². The van der Waals surface area contributed by atoms with Crippen LogP contribution < -0.4 is 19.8 Å². The molecule has 156 valence electrons. The normalized spacial score (nSPS) is 13.0. The number of nitrogens with one attached hydrogen (secondary N) is 1. The number of nitrogens with zero attached hydrogens (tertiary/aromatic N) is 2. The van der Waals surface area contributed by atoms with Gasteiger partial charge in [-0.2, -0.15) is 0 Å². The Labute approximate surface area is 173 Å². The number of amides is 1. The predicted octanol–water partition coefficient (Wildman–Crippen LogP) is 2.39. The summed E-state index contributed by atoms with van der Waals surface area (Å²) in [4.78, 5) is 27.8. The standard InChI is InChI=1S/C22H23N3O5/c1-28-18-11-14(12-19(29-2)20(18)30-3)21(26)24-10-9-17-16(13-24)22(27)25(23-17)15-7-5-4-6-8-15/h4-8,11-12,23H,9-10,13H2,1-3H3. The van der Waals surface area contributed by atoms with E-state index in [9.17, 15) is 9.59 Å². The van der Waals surface area contributed by atoms with Crippen LogP contribution in [0.5, 0.6) is 17.2 Å². The Morgan fingerprint density at radius 1 is 1.00 bits per heavy atom. The second-order valence-electron chi connectivity index (χ2n) is 6.94. The lowest BCUT2D eigenvalue weighted by molar-refractivity contribution is 0.0733. The largest absolute Gasteiger partial charge is 0.493 e. The van der Waals surface area contributed by atoms with Gasteiger partial charge in [-0.15, -0.1) is 0 Å². The number of carbonyl (C=O) groups is 1. The van der Waals surface area contributed by atoms with Gasteiger partial charge < -0.3 is 19.1 Å². The summed E-state index contributed by atoms with van der Waals surface area (Å²) in [6.07, 6.45) is 0.570. The van der Waals surface area contributed by atoms with Crippen LogP contribution in [-0.4, -0.2) is 48.5 Å². The zero-order valence-corrected chi connectivity index (χ0v) is 17.1. The molecule has 0 saturated carbocycles. The number of carbonyl (C=O) groups excluding carboxylic acids is 1. The lowest BCUT2D eigenvalue weighted by Crippen LogP contribution is -2.37. The van der Waals surface area contributed by atoms with Gasteiger partial charge in [-0.1, -0.05) is 18.2 Å². The first kappa shape index (κ1) is 19.6. The first-order chi connectivity index (χ1) is 14.6. The van der Waals surface area contributed by atoms with Gasteiger partial charge in [-0.3, -0.25) is 14.7 Å². The van der Waals surface area contributed by atoms with Crippen LogP contribution in [0.2, 0.25) is 0 Å². The Balaban J connectivity index is 1.65. The van der Waals surface area contributed by atoms with E-state index in [4.69, 9.17) is 14.2 Å². The van der Waals surface area contributed by atoms with Gasteiger partial charge in [0.15, 0.2) is 11.5 Å². The summed E-state index contributed by atoms with van der Waals surface area (Å²) in [5, 5.41) is 3.18. The summed E-state index contributed by atoms with van der Waals surface area (Å²) in [6, 6.07) is 12.6. The average Bonchev–Trinajstić information content (AvgIpc) is 3.13. The third-order valence-corrected chi connectivity index (χ3v) is 5.27. The number of H-pyrrole nitrogens is 1. The van der Waals surface area contributed by atoms with E-state index in [2.05, 4.69) is 5.10 Å². The first-order valence-corrected chi connectivity index (χ1v) is 9.54. The van der Waals surface area contributed by atoms with E-state index in [1.54, 1.807) is 17.0 Å². The minimum Gasteiger partial charge on any atom is -0.493 e. The molecule has 0 unspecified atom stereocenters. The molecular formula is C22H23N3O5. The molecule has 0 atom stereocenters. The molecule has 1 amide bonds. The highest BCUT2D eigenvalue weighted by Crippen LogP contribution is 2.38. The molecule has 4 rings (SSSR count). The van der Waals surface area contributed by atoms with Crippen molar-refractivity contribution in [2.75, 3.05) is 27.9 Å². The zero-order valence-electron chi connectivity index (χ0n) is 17.1. The molecule has 8 nitrogen and oxygen atoms in total. The minimum absolute atomic E-state index is 0.140. The lowest BCUT2D eigenvalue weighted by Gasteiger charge is -2.26. The van der Waals surface area contributed by atoms with Crippen molar-refractivity contribution in [2.45, 2.75) is 13.0 Å². The topological polar surface area (TPSA) is 85.8 Å². The van der Waals surface area contributed by atoms with E-state index >= 15 is 0 Å². The van der Waals surface area contributed by atoms with Crippen LogP contribution in [0.3, 0.4) is 0 Å². The van der Waals surface area contributed by atoms with Crippen molar-refractivity contribution < 1.29 is 19.0 Å². The fourth-order valence-electron chi connectivity index (χ4n) is 3.72. The van der Waals surface area contributed by atoms with Gasteiger partial charge in [0.25, 0.3) is 11.5 Å². The van der Waals surface area contributed by atoms with Gasteiger partial charge in [0.05, 0.1) is 39.1 Å². The highest BCUT2D eigenvalue weighted by molar-refractivity contribution is 5.95. The smallest absolute Gasteiger partial charge is 0.276 e. The van der Waals surface area contributed by atoms with Crippen LogP contribution in [0, 0.1) is 0 Å². The maximum absolute atomic E-state index is 13.2. The van der Waals surface area contributed by atoms with Gasteiger partial charge in [0.2, 0.25) is 5.75 Å². The number of aromatic nitrogens is 2. The Kier molecular flexibility index (Phi) is 5.22. The maximum atomic E-state index is 13.2. The fourth-order valence-corrected chi connectivity index (χ4v) is 3.72. The van der Waals surface area contributed by atoms with Gasteiger partial charge in [0.1, 0.15) is 0 Å². The van der Waals surface area contributed by atoms with Gasteiger partial charge in [0, 0.05) is 24.2 Å². The summed E-state index contributed by atoms with van der Waals surface area (Å²) in [5.41, 5.74) is 2.49. The Hall–Kier alpha value is -3.68. The van der Waals surface area contributed by atoms with Crippen LogP contribution in [-0.2, 0) is 13.0 Å². The molecule has 1 N–H and O–H groups in total. The number of ether oxygens (including phenoxy) is 3. The molecule has 2 heterocycles. The van der Waals surface area contributed by atoms with E-state index in [1.807, 2.05) is 30.3 Å². The van der Waals surface area contributed by atoms with Crippen molar-refractivity contribution in [2.24, 2.45) is 0 Å². The molecule has 3 aromatic rings. The Morgan fingerprint density at radius 3 is 2.27 bits per heavy atom. The molecule has 0 saturated heterocycles. The summed E-state index contributed by atoms with van der Waals surface area (Å²) >= 11 is 0. The summed E-state index contributed by atoms with van der Waals surface area (Å²) < 4.78 is 17.5. The predicted molar refractivity (Wildman–Crippen MR) is 111 cm³/mol. The maximum Gasteiger partial charge on any atom is 0.276 e. The van der Waals surface area contributed by atoms with Crippen LogP contribution in [0.4, 0.5) is 0 Å². The van der Waals surface area contributed by atoms with Crippen LogP contribution >= 0.6 is 0 Å². The van der Waals surface area contributed by atoms with Crippen molar-refractivity contribution in [1.82, 2.24) is 14.7 Å². The molecule has 0 spiro atoms. The van der Waals surface area contributed by atoms with Gasteiger partial charge >= 0.3 is 0 Å². The van der Waals surface area contributed by atoms with E-state index in [0.717, 1.165) is 11.4 Å². The Morgan fingerprint density at radius 2 is 1.67 bits per heavy atom. The van der Waals surface area contributed by atoms with Crippen molar-refractivity contribution >= 4 is 5.91 Å². The van der Waals surface area contributed by atoms with E-state index in [1.165, 1.54) is 26.0 Å². The highest BCUT2D eigenvalue weighted by atomic mass is 16.5. The van der Waals surface area contributed by atoms with E-state index in [-0.39, 0.29) is 18.0 Å². The fraction of sp³-hybridized carbons (Fsp3) is 0.273. The molecule has 1 aromatic heterocycles. The highest BCUT2D eigenvalue weighted by Gasteiger charge is 2.28. The first-order valence-electron chi connectivity index (χ1n) is 9.54. The number of methoxy groups -OCH3 is 3. The zero-order chi connectivity index (χ0) is 21.3. The SMILES string of the molecule is COc1cc(C(=O)N2CCc3[nH]n(-c4ccccc4)c(=O)c3C2)cc(OC)c1OC. The molecule has 0 fully saturated rings. The number of benzene rings is 2. The average molecular weight is 409 g/mol. The second kappa shape index (κ2) is 7.98. The number of aromatic amines is 1. The number of fused-ring (bicyclic) bond motifs is 1. The number of rotatable bonds is 5. The number of hydrogen-bond acceptors (Lipinski definition) is 5. The molecule has 0 bridgehead atoms. The minimum atomic E-state index is -0.202. The quantitative estimate of drug-likeness (QED) is 0.699. The van der Waals surface area contributed by atoms with Gasteiger partial charge in [-0.05, 0) is 24.3 Å².